The quantitative estimate of drug-likeness (QED) is 0.525. The first-order valence-corrected chi connectivity index (χ1v) is 4.32. The van der Waals surface area contributed by atoms with Crippen molar-refractivity contribution in [1.29, 1.82) is 0 Å². The van der Waals surface area contributed by atoms with Crippen LogP contribution < -0.4 is 56.5 Å². The number of nitrogens with zero attached hydrogens (tertiary/aromatic N) is 1. The fraction of sp³-hybridized carbons (Fsp3) is 0.200. The summed E-state index contributed by atoms with van der Waals surface area (Å²) in [5.41, 5.74) is 0.558. The molecule has 1 heterocycles. The first-order chi connectivity index (χ1) is 7.18. The van der Waals surface area contributed by atoms with Crippen molar-refractivity contribution < 1.29 is 70.4 Å². The molecule has 0 spiro atoms. The van der Waals surface area contributed by atoms with Gasteiger partial charge in [-0.25, -0.2) is 9.38 Å². The van der Waals surface area contributed by atoms with E-state index in [0.717, 1.165) is 6.40 Å². The Balaban J connectivity index is 0.00000128. The SMILES string of the molecule is O=C([O-])[C@@H]1N=CO[C@H]1c1ccc(F)cc1.[K+]. The summed E-state index contributed by atoms with van der Waals surface area (Å²) in [6, 6.07) is 4.34. The number of hydrogen-bond donors (Lipinski definition) is 0. The van der Waals surface area contributed by atoms with Gasteiger partial charge in [-0.15, -0.1) is 0 Å². The standard InChI is InChI=1S/C10H8FNO3.K/c11-7-3-1-6(2-4-7)9-8(10(13)14)12-5-15-9;/h1-5,8-9H,(H,13,14);/q;+1/p-1/t8-,9+;/m1./s1. The monoisotopic (exact) mass is 247 g/mol. The molecule has 1 aromatic carbocycles. The van der Waals surface area contributed by atoms with Crippen molar-refractivity contribution in [3.63, 3.8) is 0 Å². The number of aliphatic imine (C=N–C) groups is 1. The largest absolute Gasteiger partial charge is 1.00 e. The van der Waals surface area contributed by atoms with Crippen molar-refractivity contribution in [3.05, 3.63) is 35.6 Å². The van der Waals surface area contributed by atoms with Crippen LogP contribution in [-0.2, 0) is 9.53 Å². The number of halogens is 1. The second-order valence-corrected chi connectivity index (χ2v) is 3.13. The normalized spacial score (nSPS) is 22.3. The molecular weight excluding hydrogens is 240 g/mol. The summed E-state index contributed by atoms with van der Waals surface area (Å²) in [5, 5.41) is 10.7. The molecule has 6 heteroatoms. The summed E-state index contributed by atoms with van der Waals surface area (Å²) < 4.78 is 17.6. The van der Waals surface area contributed by atoms with E-state index in [1.807, 2.05) is 0 Å². The van der Waals surface area contributed by atoms with Gasteiger partial charge in [-0.1, -0.05) is 12.1 Å². The molecule has 0 amide bonds. The Labute approximate surface area is 134 Å². The molecule has 0 N–H and O–H groups in total. The van der Waals surface area contributed by atoms with E-state index in [1.54, 1.807) is 0 Å². The Morgan fingerprint density at radius 2 is 2.00 bits per heavy atom. The van der Waals surface area contributed by atoms with Crippen molar-refractivity contribution >= 4 is 12.4 Å². The Morgan fingerprint density at radius 3 is 2.56 bits per heavy atom. The van der Waals surface area contributed by atoms with Gasteiger partial charge in [0.05, 0.1) is 5.97 Å². The van der Waals surface area contributed by atoms with Crippen LogP contribution in [0.3, 0.4) is 0 Å². The predicted octanol–water partition coefficient (Wildman–Crippen LogP) is -2.95. The Hall–Kier alpha value is -0.274. The fourth-order valence-corrected chi connectivity index (χ4v) is 1.42. The van der Waals surface area contributed by atoms with E-state index in [1.165, 1.54) is 24.3 Å². The van der Waals surface area contributed by atoms with Crippen LogP contribution >= 0.6 is 0 Å². The molecule has 0 unspecified atom stereocenters. The molecule has 1 aromatic rings. The van der Waals surface area contributed by atoms with Crippen molar-refractivity contribution in [3.8, 4) is 0 Å². The number of ether oxygens (including phenoxy) is 1. The molecule has 0 saturated heterocycles. The van der Waals surface area contributed by atoms with E-state index < -0.39 is 18.1 Å². The summed E-state index contributed by atoms with van der Waals surface area (Å²) in [7, 11) is 0. The number of carbonyl (C=O) groups is 1. The van der Waals surface area contributed by atoms with Gasteiger partial charge in [0.15, 0.2) is 12.5 Å². The van der Waals surface area contributed by atoms with Gasteiger partial charge in [-0.2, -0.15) is 0 Å². The van der Waals surface area contributed by atoms with Crippen molar-refractivity contribution in [1.82, 2.24) is 0 Å². The maximum absolute atomic E-state index is 12.6. The fourth-order valence-electron chi connectivity index (χ4n) is 1.42. The minimum atomic E-state index is -1.31. The molecule has 0 bridgehead atoms. The third-order valence-corrected chi connectivity index (χ3v) is 2.16. The van der Waals surface area contributed by atoms with Gasteiger partial charge in [0.1, 0.15) is 11.9 Å². The molecule has 0 radical (unpaired) electrons. The number of benzene rings is 1. The second kappa shape index (κ2) is 5.88. The first-order valence-electron chi connectivity index (χ1n) is 4.32. The van der Waals surface area contributed by atoms with E-state index in [9.17, 15) is 14.3 Å². The molecule has 1 aliphatic heterocycles. The Kier molecular flexibility index (Phi) is 5.07. The van der Waals surface area contributed by atoms with Gasteiger partial charge in [0.2, 0.25) is 0 Å². The molecule has 2 rings (SSSR count). The zero-order chi connectivity index (χ0) is 10.8. The zero-order valence-corrected chi connectivity index (χ0v) is 11.7. The number of aliphatic carboxylic acids is 1. The van der Waals surface area contributed by atoms with Gasteiger partial charge in [0.25, 0.3) is 0 Å². The molecule has 2 atom stereocenters. The summed E-state index contributed by atoms with van der Waals surface area (Å²) in [4.78, 5) is 14.3. The van der Waals surface area contributed by atoms with Gasteiger partial charge < -0.3 is 14.6 Å². The van der Waals surface area contributed by atoms with Crippen LogP contribution in [0.5, 0.6) is 0 Å². The number of rotatable bonds is 2. The summed E-state index contributed by atoms with van der Waals surface area (Å²) in [6.07, 6.45) is 0.352. The molecule has 0 aliphatic carbocycles. The maximum atomic E-state index is 12.6. The van der Waals surface area contributed by atoms with Crippen molar-refractivity contribution in [2.45, 2.75) is 12.1 Å². The van der Waals surface area contributed by atoms with Crippen molar-refractivity contribution in [2.24, 2.45) is 4.99 Å². The van der Waals surface area contributed by atoms with Crippen LogP contribution in [0, 0.1) is 5.82 Å². The van der Waals surface area contributed by atoms with Crippen LogP contribution in [0.1, 0.15) is 11.7 Å². The summed E-state index contributed by atoms with van der Waals surface area (Å²) >= 11 is 0. The van der Waals surface area contributed by atoms with E-state index in [-0.39, 0.29) is 57.2 Å². The van der Waals surface area contributed by atoms with Crippen LogP contribution in [0.4, 0.5) is 4.39 Å². The molecule has 1 aliphatic rings. The van der Waals surface area contributed by atoms with Crippen LogP contribution in [0.2, 0.25) is 0 Å². The van der Waals surface area contributed by atoms with E-state index in [2.05, 4.69) is 4.99 Å². The molecule has 0 fully saturated rings. The van der Waals surface area contributed by atoms with Gasteiger partial charge in [-0.05, 0) is 17.7 Å². The summed E-state index contributed by atoms with van der Waals surface area (Å²) in [5.74, 6) is -1.69. The molecule has 16 heavy (non-hydrogen) atoms. The van der Waals surface area contributed by atoms with Gasteiger partial charge in [0, 0.05) is 0 Å². The molecule has 4 nitrogen and oxygen atoms in total. The smallest absolute Gasteiger partial charge is 0.548 e. The zero-order valence-electron chi connectivity index (χ0n) is 8.59. The van der Waals surface area contributed by atoms with Crippen LogP contribution in [-0.4, -0.2) is 18.4 Å². The summed E-state index contributed by atoms with van der Waals surface area (Å²) in [6.45, 7) is 0. The minimum absolute atomic E-state index is 0. The number of carbonyl (C=O) groups excluding carboxylic acids is 1. The molecule has 0 saturated carbocycles. The topological polar surface area (TPSA) is 61.7 Å². The molecule has 0 aromatic heterocycles. The van der Waals surface area contributed by atoms with Crippen molar-refractivity contribution in [2.75, 3.05) is 0 Å². The number of hydrogen-bond acceptors (Lipinski definition) is 4. The Bertz CT molecular complexity index is 407. The maximum Gasteiger partial charge on any atom is 1.00 e. The van der Waals surface area contributed by atoms with E-state index in [4.69, 9.17) is 4.74 Å². The van der Waals surface area contributed by atoms with Crippen LogP contribution in [0.15, 0.2) is 29.3 Å². The first kappa shape index (κ1) is 13.8. The number of carboxylic acids is 1. The second-order valence-electron chi connectivity index (χ2n) is 3.13. The number of carboxylic acid groups (broad SMARTS) is 1. The predicted molar refractivity (Wildman–Crippen MR) is 47.5 cm³/mol. The van der Waals surface area contributed by atoms with Gasteiger partial charge >= 0.3 is 51.4 Å². The molecular formula is C10H7FKNO3. The average molecular weight is 247 g/mol. The average Bonchev–Trinajstić information content (AvgIpc) is 2.67. The van der Waals surface area contributed by atoms with E-state index in [0.29, 0.717) is 5.56 Å². The van der Waals surface area contributed by atoms with Crippen LogP contribution in [0.25, 0.3) is 0 Å². The van der Waals surface area contributed by atoms with Gasteiger partial charge in [-0.3, -0.25) is 0 Å². The third kappa shape index (κ3) is 2.89. The minimum Gasteiger partial charge on any atom is -0.548 e. The Morgan fingerprint density at radius 1 is 1.38 bits per heavy atom. The van der Waals surface area contributed by atoms with E-state index >= 15 is 0 Å². The third-order valence-electron chi connectivity index (χ3n) is 2.16. The molecule has 78 valence electrons.